The third-order valence-corrected chi connectivity index (χ3v) is 3.18. The fourth-order valence-electron chi connectivity index (χ4n) is 2.09. The average Bonchev–Trinajstić information content (AvgIpc) is 2.72. The van der Waals surface area contributed by atoms with Crippen molar-refractivity contribution in [3.63, 3.8) is 0 Å². The molecule has 1 aromatic heterocycles. The lowest BCUT2D eigenvalue weighted by Gasteiger charge is -2.22. The first-order valence-corrected chi connectivity index (χ1v) is 6.36. The van der Waals surface area contributed by atoms with Crippen molar-refractivity contribution < 1.29 is 19.4 Å². The molecule has 0 aromatic carbocycles. The van der Waals surface area contributed by atoms with Gasteiger partial charge in [-0.3, -0.25) is 9.59 Å². The number of aromatic nitrogens is 1. The van der Waals surface area contributed by atoms with Gasteiger partial charge in [0.2, 0.25) is 0 Å². The molecule has 1 aromatic rings. The summed E-state index contributed by atoms with van der Waals surface area (Å²) in [6.45, 7) is 0.989. The molecule has 7 nitrogen and oxygen atoms in total. The summed E-state index contributed by atoms with van der Waals surface area (Å²) in [5.74, 6) is -1.41. The van der Waals surface area contributed by atoms with Crippen LogP contribution in [0.5, 0.6) is 0 Å². The number of carboxylic acid groups (broad SMARTS) is 1. The molecule has 2 heterocycles. The number of rotatable bonds is 3. The van der Waals surface area contributed by atoms with Gasteiger partial charge in [0, 0.05) is 26.3 Å². The highest BCUT2D eigenvalue weighted by molar-refractivity contribution is 5.98. The van der Waals surface area contributed by atoms with Crippen molar-refractivity contribution in [2.75, 3.05) is 38.7 Å². The van der Waals surface area contributed by atoms with Gasteiger partial charge in [0.15, 0.2) is 0 Å². The molecule has 1 saturated heterocycles. The van der Waals surface area contributed by atoms with Gasteiger partial charge < -0.3 is 20.1 Å². The van der Waals surface area contributed by atoms with Gasteiger partial charge in [-0.05, 0) is 12.1 Å². The zero-order valence-electron chi connectivity index (χ0n) is 11.2. The van der Waals surface area contributed by atoms with Gasteiger partial charge in [-0.25, -0.2) is 4.98 Å². The summed E-state index contributed by atoms with van der Waals surface area (Å²) in [6, 6.07) is 3.35. The van der Waals surface area contributed by atoms with E-state index < -0.39 is 11.9 Å². The predicted octanol–water partition coefficient (Wildman–Crippen LogP) is 0.296. The number of carboxylic acids is 1. The Hall–Kier alpha value is -2.15. The Kier molecular flexibility index (Phi) is 4.52. The quantitative estimate of drug-likeness (QED) is 0.826. The largest absolute Gasteiger partial charge is 0.481 e. The number of nitrogens with one attached hydrogen (secondary N) is 1. The van der Waals surface area contributed by atoms with Gasteiger partial charge in [0.05, 0.1) is 24.7 Å². The second kappa shape index (κ2) is 6.33. The number of ether oxygens (including phenoxy) is 1. The van der Waals surface area contributed by atoms with Crippen LogP contribution in [0, 0.1) is 5.92 Å². The molecule has 1 fully saturated rings. The van der Waals surface area contributed by atoms with Crippen LogP contribution in [0.15, 0.2) is 18.3 Å². The van der Waals surface area contributed by atoms with Crippen LogP contribution >= 0.6 is 0 Å². The predicted molar refractivity (Wildman–Crippen MR) is 71.6 cm³/mol. The minimum absolute atomic E-state index is 0.130. The lowest BCUT2D eigenvalue weighted by molar-refractivity contribution is -0.143. The van der Waals surface area contributed by atoms with Crippen LogP contribution in [0.2, 0.25) is 0 Å². The molecule has 1 amide bonds. The number of hydrogen-bond donors (Lipinski definition) is 2. The zero-order chi connectivity index (χ0) is 14.5. The van der Waals surface area contributed by atoms with Crippen LogP contribution in [-0.2, 0) is 9.53 Å². The Balaban J connectivity index is 2.20. The second-order valence-corrected chi connectivity index (χ2v) is 4.51. The maximum absolute atomic E-state index is 12.5. The summed E-state index contributed by atoms with van der Waals surface area (Å²) in [5.41, 5.74) is 0.432. The van der Waals surface area contributed by atoms with Crippen LogP contribution < -0.4 is 5.32 Å². The molecule has 20 heavy (non-hydrogen) atoms. The summed E-state index contributed by atoms with van der Waals surface area (Å²) in [4.78, 5) is 29.2. The van der Waals surface area contributed by atoms with Crippen LogP contribution in [0.25, 0.3) is 0 Å². The molecule has 0 bridgehead atoms. The number of nitrogens with zero attached hydrogens (tertiary/aromatic N) is 2. The van der Waals surface area contributed by atoms with Crippen LogP contribution in [0.4, 0.5) is 5.82 Å². The van der Waals surface area contributed by atoms with E-state index >= 15 is 0 Å². The van der Waals surface area contributed by atoms with E-state index in [1.54, 1.807) is 25.4 Å². The van der Waals surface area contributed by atoms with E-state index in [0.717, 1.165) is 0 Å². The summed E-state index contributed by atoms with van der Waals surface area (Å²) < 4.78 is 5.24. The van der Waals surface area contributed by atoms with Crippen molar-refractivity contribution in [1.29, 1.82) is 0 Å². The first-order valence-electron chi connectivity index (χ1n) is 6.36. The Morgan fingerprint density at radius 2 is 2.35 bits per heavy atom. The van der Waals surface area contributed by atoms with Crippen LogP contribution in [-0.4, -0.2) is 60.2 Å². The van der Waals surface area contributed by atoms with Crippen molar-refractivity contribution in [3.05, 3.63) is 23.9 Å². The van der Waals surface area contributed by atoms with Crippen LogP contribution in [0.3, 0.4) is 0 Å². The summed E-state index contributed by atoms with van der Waals surface area (Å²) >= 11 is 0. The molecule has 7 heteroatoms. The smallest absolute Gasteiger partial charge is 0.310 e. The fourth-order valence-corrected chi connectivity index (χ4v) is 2.09. The van der Waals surface area contributed by atoms with Crippen molar-refractivity contribution >= 4 is 17.7 Å². The van der Waals surface area contributed by atoms with E-state index in [9.17, 15) is 9.59 Å². The third-order valence-electron chi connectivity index (χ3n) is 3.18. The first kappa shape index (κ1) is 14.3. The molecule has 0 saturated carbocycles. The molecule has 2 N–H and O–H groups in total. The van der Waals surface area contributed by atoms with Crippen molar-refractivity contribution in [2.24, 2.45) is 5.92 Å². The number of carbonyl (C=O) groups is 2. The first-order chi connectivity index (χ1) is 9.63. The molecule has 1 atom stereocenters. The van der Waals surface area contributed by atoms with E-state index in [2.05, 4.69) is 10.3 Å². The minimum Gasteiger partial charge on any atom is -0.481 e. The monoisotopic (exact) mass is 279 g/mol. The SMILES string of the molecule is CNc1ncccc1C(=O)N1CCOCC(C(=O)O)C1. The van der Waals surface area contributed by atoms with Crippen molar-refractivity contribution in [1.82, 2.24) is 9.88 Å². The highest BCUT2D eigenvalue weighted by atomic mass is 16.5. The normalized spacial score (nSPS) is 19.2. The average molecular weight is 279 g/mol. The Bertz CT molecular complexity index is 506. The Labute approximate surface area is 116 Å². The van der Waals surface area contributed by atoms with Gasteiger partial charge in [-0.15, -0.1) is 0 Å². The van der Waals surface area contributed by atoms with E-state index in [1.807, 2.05) is 0 Å². The van der Waals surface area contributed by atoms with Gasteiger partial charge in [0.25, 0.3) is 5.91 Å². The number of aliphatic carboxylic acids is 1. The molecule has 0 aliphatic carbocycles. The fraction of sp³-hybridized carbons (Fsp3) is 0.462. The lowest BCUT2D eigenvalue weighted by atomic mass is 10.1. The molecule has 0 spiro atoms. The van der Waals surface area contributed by atoms with E-state index in [1.165, 1.54) is 4.90 Å². The summed E-state index contributed by atoms with van der Waals surface area (Å²) in [5, 5.41) is 12.0. The molecule has 108 valence electrons. The number of carbonyl (C=O) groups excluding carboxylic acids is 1. The summed E-state index contributed by atoms with van der Waals surface area (Å²) in [6.07, 6.45) is 1.59. The lowest BCUT2D eigenvalue weighted by Crippen LogP contribution is -2.38. The van der Waals surface area contributed by atoms with Gasteiger partial charge in [0.1, 0.15) is 5.82 Å². The highest BCUT2D eigenvalue weighted by Gasteiger charge is 2.28. The number of amides is 1. The topological polar surface area (TPSA) is 91.8 Å². The Morgan fingerprint density at radius 3 is 3.05 bits per heavy atom. The van der Waals surface area contributed by atoms with E-state index in [0.29, 0.717) is 24.5 Å². The van der Waals surface area contributed by atoms with Crippen molar-refractivity contribution in [3.8, 4) is 0 Å². The highest BCUT2D eigenvalue weighted by Crippen LogP contribution is 2.16. The summed E-state index contributed by atoms with van der Waals surface area (Å²) in [7, 11) is 1.69. The molecule has 1 aliphatic rings. The maximum atomic E-state index is 12.5. The van der Waals surface area contributed by atoms with Gasteiger partial charge in [-0.2, -0.15) is 0 Å². The molecule has 0 radical (unpaired) electrons. The second-order valence-electron chi connectivity index (χ2n) is 4.51. The van der Waals surface area contributed by atoms with Crippen LogP contribution in [0.1, 0.15) is 10.4 Å². The maximum Gasteiger partial charge on any atom is 0.310 e. The van der Waals surface area contributed by atoms with Gasteiger partial charge in [-0.1, -0.05) is 0 Å². The molecule has 2 rings (SSSR count). The number of pyridine rings is 1. The standard InChI is InChI=1S/C13H17N3O4/c1-14-11-10(3-2-4-15-11)12(17)16-5-6-20-8-9(7-16)13(18)19/h2-4,9H,5-8H2,1H3,(H,14,15)(H,18,19). The molecular weight excluding hydrogens is 262 g/mol. The molecule has 1 unspecified atom stereocenters. The minimum atomic E-state index is -0.954. The molecular formula is C13H17N3O4. The van der Waals surface area contributed by atoms with Gasteiger partial charge >= 0.3 is 5.97 Å². The number of hydrogen-bond acceptors (Lipinski definition) is 5. The Morgan fingerprint density at radius 1 is 1.55 bits per heavy atom. The van der Waals surface area contributed by atoms with E-state index in [-0.39, 0.29) is 19.1 Å². The third kappa shape index (κ3) is 3.05. The van der Waals surface area contributed by atoms with Crippen molar-refractivity contribution in [2.45, 2.75) is 0 Å². The zero-order valence-corrected chi connectivity index (χ0v) is 11.2. The van der Waals surface area contributed by atoms with E-state index in [4.69, 9.17) is 9.84 Å². The number of anilines is 1. The molecule has 1 aliphatic heterocycles.